The van der Waals surface area contributed by atoms with Gasteiger partial charge in [-0.3, -0.25) is 10.1 Å². The Bertz CT molecular complexity index is 479. The Morgan fingerprint density at radius 2 is 2.14 bits per heavy atom. The van der Waals surface area contributed by atoms with Gasteiger partial charge in [0.25, 0.3) is 5.69 Å². The highest BCUT2D eigenvalue weighted by Crippen LogP contribution is 2.22. The number of nitro benzene ring substituents is 1. The van der Waals surface area contributed by atoms with Crippen LogP contribution in [0.4, 0.5) is 5.69 Å². The minimum atomic E-state index is -0.391. The molecule has 0 aromatic heterocycles. The van der Waals surface area contributed by atoms with Crippen molar-refractivity contribution in [3.63, 3.8) is 0 Å². The van der Waals surface area contributed by atoms with Crippen LogP contribution in [0.25, 0.3) is 0 Å². The van der Waals surface area contributed by atoms with Gasteiger partial charge in [0.1, 0.15) is 5.75 Å². The van der Waals surface area contributed by atoms with Crippen molar-refractivity contribution in [2.24, 2.45) is 0 Å². The van der Waals surface area contributed by atoms with Gasteiger partial charge in [-0.15, -0.1) is 0 Å². The first-order valence-electron chi connectivity index (χ1n) is 7.02. The van der Waals surface area contributed by atoms with Gasteiger partial charge in [0, 0.05) is 50.3 Å². The highest BCUT2D eigenvalue weighted by molar-refractivity contribution is 7.99. The van der Waals surface area contributed by atoms with Crippen molar-refractivity contribution < 1.29 is 9.66 Å². The third kappa shape index (κ3) is 5.18. The van der Waals surface area contributed by atoms with Crippen LogP contribution in [0.15, 0.2) is 18.2 Å². The first kappa shape index (κ1) is 16.1. The molecule has 6 nitrogen and oxygen atoms in total. The van der Waals surface area contributed by atoms with Crippen LogP contribution in [0.1, 0.15) is 5.56 Å². The van der Waals surface area contributed by atoms with Crippen molar-refractivity contribution in [1.82, 2.24) is 10.2 Å². The maximum absolute atomic E-state index is 10.9. The zero-order valence-corrected chi connectivity index (χ0v) is 13.0. The molecular formula is C14H21N3O3S. The fourth-order valence-corrected chi connectivity index (χ4v) is 3.24. The molecule has 2 rings (SSSR count). The Labute approximate surface area is 129 Å². The van der Waals surface area contributed by atoms with Crippen LogP contribution in [0.2, 0.25) is 0 Å². The molecule has 0 saturated carbocycles. The molecule has 1 aliphatic rings. The maximum Gasteiger partial charge on any atom is 0.273 e. The Kier molecular flexibility index (Phi) is 6.28. The fraction of sp³-hybridized carbons (Fsp3) is 0.571. The number of nitrogens with zero attached hydrogens (tertiary/aromatic N) is 2. The number of ether oxygens (including phenoxy) is 1. The molecule has 0 aliphatic carbocycles. The molecule has 1 saturated heterocycles. The second-order valence-corrected chi connectivity index (χ2v) is 6.15. The van der Waals surface area contributed by atoms with Gasteiger partial charge < -0.3 is 15.0 Å². The predicted molar refractivity (Wildman–Crippen MR) is 85.1 cm³/mol. The van der Waals surface area contributed by atoms with Crippen LogP contribution in [0, 0.1) is 10.1 Å². The number of hydrogen-bond donors (Lipinski definition) is 1. The lowest BCUT2D eigenvalue weighted by Gasteiger charge is -2.26. The predicted octanol–water partition coefficient (Wildman–Crippen LogP) is 1.74. The van der Waals surface area contributed by atoms with Crippen LogP contribution < -0.4 is 10.1 Å². The summed E-state index contributed by atoms with van der Waals surface area (Å²) in [6.45, 7) is 4.82. The Balaban J connectivity index is 1.81. The normalized spacial score (nSPS) is 15.9. The van der Waals surface area contributed by atoms with Crippen LogP contribution >= 0.6 is 11.8 Å². The van der Waals surface area contributed by atoms with Crippen LogP contribution in [0.5, 0.6) is 5.75 Å². The van der Waals surface area contributed by atoms with E-state index >= 15 is 0 Å². The smallest absolute Gasteiger partial charge is 0.273 e. The average Bonchev–Trinajstić information content (AvgIpc) is 2.52. The minimum Gasteiger partial charge on any atom is -0.496 e. The van der Waals surface area contributed by atoms with Gasteiger partial charge in [0.15, 0.2) is 0 Å². The van der Waals surface area contributed by atoms with Gasteiger partial charge in [-0.05, 0) is 11.6 Å². The summed E-state index contributed by atoms with van der Waals surface area (Å²) in [5, 5.41) is 14.2. The molecule has 1 heterocycles. The van der Waals surface area contributed by atoms with E-state index in [0.29, 0.717) is 12.3 Å². The van der Waals surface area contributed by atoms with E-state index < -0.39 is 4.92 Å². The van der Waals surface area contributed by atoms with Crippen molar-refractivity contribution in [2.75, 3.05) is 44.8 Å². The molecule has 1 aliphatic heterocycles. The largest absolute Gasteiger partial charge is 0.496 e. The van der Waals surface area contributed by atoms with Crippen LogP contribution in [0.3, 0.4) is 0 Å². The van der Waals surface area contributed by atoms with E-state index in [2.05, 4.69) is 10.2 Å². The molecule has 1 aromatic rings. The first-order valence-corrected chi connectivity index (χ1v) is 8.17. The van der Waals surface area contributed by atoms with E-state index in [9.17, 15) is 10.1 Å². The van der Waals surface area contributed by atoms with E-state index in [4.69, 9.17) is 4.74 Å². The Morgan fingerprint density at radius 1 is 1.38 bits per heavy atom. The maximum atomic E-state index is 10.9. The monoisotopic (exact) mass is 311 g/mol. The van der Waals surface area contributed by atoms with E-state index in [1.165, 1.54) is 24.7 Å². The lowest BCUT2D eigenvalue weighted by atomic mass is 10.2. The summed E-state index contributed by atoms with van der Waals surface area (Å²) in [4.78, 5) is 12.9. The third-order valence-corrected chi connectivity index (χ3v) is 4.38. The van der Waals surface area contributed by atoms with Crippen molar-refractivity contribution in [3.8, 4) is 5.75 Å². The number of methoxy groups -OCH3 is 1. The summed E-state index contributed by atoms with van der Waals surface area (Å²) in [7, 11) is 1.52. The molecule has 0 bridgehead atoms. The number of non-ortho nitro benzene ring substituents is 1. The standard InChI is InChI=1S/C14H21N3O3S/c1-20-14-9-12(8-13(10-14)17(18)19)11-15-2-3-16-4-6-21-7-5-16/h8-10,15H,2-7,11H2,1H3. The fourth-order valence-electron chi connectivity index (χ4n) is 2.26. The molecule has 0 amide bonds. The quantitative estimate of drug-likeness (QED) is 0.470. The topological polar surface area (TPSA) is 67.6 Å². The molecule has 1 fully saturated rings. The highest BCUT2D eigenvalue weighted by Gasteiger charge is 2.11. The van der Waals surface area contributed by atoms with E-state index in [1.54, 1.807) is 6.07 Å². The second kappa shape index (κ2) is 8.21. The minimum absolute atomic E-state index is 0.0687. The van der Waals surface area contributed by atoms with Gasteiger partial charge in [-0.1, -0.05) is 0 Å². The van der Waals surface area contributed by atoms with Crippen molar-refractivity contribution >= 4 is 17.4 Å². The van der Waals surface area contributed by atoms with Gasteiger partial charge in [-0.25, -0.2) is 0 Å². The summed E-state index contributed by atoms with van der Waals surface area (Å²) >= 11 is 2.00. The highest BCUT2D eigenvalue weighted by atomic mass is 32.2. The molecule has 0 spiro atoms. The third-order valence-electron chi connectivity index (χ3n) is 3.44. The number of thioether (sulfide) groups is 1. The van der Waals surface area contributed by atoms with Crippen LogP contribution in [-0.4, -0.2) is 54.6 Å². The summed E-state index contributed by atoms with van der Waals surface area (Å²) in [6.07, 6.45) is 0. The molecule has 1 aromatic carbocycles. The van der Waals surface area contributed by atoms with E-state index in [0.717, 1.165) is 31.7 Å². The van der Waals surface area contributed by atoms with Gasteiger partial charge in [0.05, 0.1) is 18.1 Å². The Hall–Kier alpha value is -1.31. The molecule has 21 heavy (non-hydrogen) atoms. The SMILES string of the molecule is COc1cc(CNCCN2CCSCC2)cc([N+](=O)[O-])c1. The molecule has 116 valence electrons. The molecule has 1 N–H and O–H groups in total. The molecule has 0 unspecified atom stereocenters. The lowest BCUT2D eigenvalue weighted by molar-refractivity contribution is -0.385. The molecule has 7 heteroatoms. The van der Waals surface area contributed by atoms with Gasteiger partial charge >= 0.3 is 0 Å². The summed E-state index contributed by atoms with van der Waals surface area (Å²) < 4.78 is 5.10. The number of nitrogens with one attached hydrogen (secondary N) is 1. The summed E-state index contributed by atoms with van der Waals surface area (Å²) in [6, 6.07) is 4.86. The number of rotatable bonds is 7. The van der Waals surface area contributed by atoms with Gasteiger partial charge in [0.2, 0.25) is 0 Å². The zero-order valence-electron chi connectivity index (χ0n) is 12.2. The number of hydrogen-bond acceptors (Lipinski definition) is 6. The van der Waals surface area contributed by atoms with Crippen LogP contribution in [-0.2, 0) is 6.54 Å². The summed E-state index contributed by atoms with van der Waals surface area (Å²) in [5.41, 5.74) is 0.939. The summed E-state index contributed by atoms with van der Waals surface area (Å²) in [5.74, 6) is 2.94. The molecular weight excluding hydrogens is 290 g/mol. The Morgan fingerprint density at radius 3 is 2.81 bits per heavy atom. The number of nitro groups is 1. The van der Waals surface area contributed by atoms with E-state index in [-0.39, 0.29) is 5.69 Å². The zero-order chi connectivity index (χ0) is 15.1. The van der Waals surface area contributed by atoms with Gasteiger partial charge in [-0.2, -0.15) is 11.8 Å². The number of benzene rings is 1. The average molecular weight is 311 g/mol. The van der Waals surface area contributed by atoms with Crippen molar-refractivity contribution in [2.45, 2.75) is 6.54 Å². The van der Waals surface area contributed by atoms with E-state index in [1.807, 2.05) is 17.8 Å². The second-order valence-electron chi connectivity index (χ2n) is 4.93. The lowest BCUT2D eigenvalue weighted by Crippen LogP contribution is -2.37. The molecule has 0 atom stereocenters. The van der Waals surface area contributed by atoms with Crippen molar-refractivity contribution in [1.29, 1.82) is 0 Å². The first-order chi connectivity index (χ1) is 10.2. The van der Waals surface area contributed by atoms with Crippen molar-refractivity contribution in [3.05, 3.63) is 33.9 Å². The molecule has 0 radical (unpaired) electrons.